The van der Waals surface area contributed by atoms with Gasteiger partial charge in [-0.25, -0.2) is 0 Å². The highest BCUT2D eigenvalue weighted by atomic mass is 79.9. The van der Waals surface area contributed by atoms with E-state index in [1.165, 1.54) is 0 Å². The Bertz CT molecular complexity index is 310. The van der Waals surface area contributed by atoms with E-state index in [-0.39, 0.29) is 5.41 Å². The quantitative estimate of drug-likeness (QED) is 0.762. The number of hydrogen-bond acceptors (Lipinski definition) is 2. The number of aldehydes is 1. The minimum atomic E-state index is -0.303. The fraction of sp³-hybridized carbons (Fsp3) is 0.400. The largest absolute Gasteiger partial charge is 0.303 e. The van der Waals surface area contributed by atoms with Crippen LogP contribution in [0.3, 0.4) is 0 Å². The molecule has 1 rings (SSSR count). The molecule has 0 aliphatic rings. The first-order valence-corrected chi connectivity index (χ1v) is 4.88. The third kappa shape index (κ3) is 3.27. The maximum atomic E-state index is 10.7. The molecule has 1 heterocycles. The van der Waals surface area contributed by atoms with Gasteiger partial charge >= 0.3 is 0 Å². The number of carbonyl (C=O) groups is 1. The van der Waals surface area contributed by atoms with Crippen LogP contribution in [-0.2, 0) is 11.2 Å². The number of pyridine rings is 1. The third-order valence-electron chi connectivity index (χ3n) is 1.74. The minimum Gasteiger partial charge on any atom is -0.303 e. The summed E-state index contributed by atoms with van der Waals surface area (Å²) >= 11 is 3.34. The van der Waals surface area contributed by atoms with Gasteiger partial charge in [0.15, 0.2) is 0 Å². The Kier molecular flexibility index (Phi) is 3.20. The SMILES string of the molecule is CC(C)(C=O)Cc1cncc(Br)c1. The molecule has 0 saturated heterocycles. The van der Waals surface area contributed by atoms with Crippen LogP contribution in [0, 0.1) is 5.41 Å². The Hall–Kier alpha value is -0.700. The summed E-state index contributed by atoms with van der Waals surface area (Å²) in [4.78, 5) is 14.7. The van der Waals surface area contributed by atoms with E-state index >= 15 is 0 Å². The molecule has 0 aliphatic carbocycles. The van der Waals surface area contributed by atoms with E-state index in [0.717, 1.165) is 22.7 Å². The van der Waals surface area contributed by atoms with Gasteiger partial charge in [0, 0.05) is 22.3 Å². The Labute approximate surface area is 86.5 Å². The average Bonchev–Trinajstić information content (AvgIpc) is 2.03. The fourth-order valence-corrected chi connectivity index (χ4v) is 1.53. The van der Waals surface area contributed by atoms with Crippen molar-refractivity contribution >= 4 is 22.2 Å². The molecular weight excluding hydrogens is 230 g/mol. The molecule has 0 N–H and O–H groups in total. The van der Waals surface area contributed by atoms with Crippen molar-refractivity contribution in [1.29, 1.82) is 0 Å². The van der Waals surface area contributed by atoms with Crippen molar-refractivity contribution in [1.82, 2.24) is 4.98 Å². The lowest BCUT2D eigenvalue weighted by molar-refractivity contribution is -0.114. The predicted octanol–water partition coefficient (Wildman–Crippen LogP) is 2.61. The first-order chi connectivity index (χ1) is 6.03. The maximum Gasteiger partial charge on any atom is 0.125 e. The molecular formula is C10H12BrNO. The topological polar surface area (TPSA) is 30.0 Å². The number of halogens is 1. The summed E-state index contributed by atoms with van der Waals surface area (Å²) in [6.07, 6.45) is 5.23. The highest BCUT2D eigenvalue weighted by molar-refractivity contribution is 9.10. The monoisotopic (exact) mass is 241 g/mol. The van der Waals surface area contributed by atoms with Gasteiger partial charge in [0.25, 0.3) is 0 Å². The lowest BCUT2D eigenvalue weighted by Crippen LogP contribution is -2.16. The second-order valence-electron chi connectivity index (χ2n) is 3.79. The van der Waals surface area contributed by atoms with Crippen LogP contribution in [0.15, 0.2) is 22.9 Å². The van der Waals surface area contributed by atoms with Crippen LogP contribution in [0.2, 0.25) is 0 Å². The molecule has 70 valence electrons. The summed E-state index contributed by atoms with van der Waals surface area (Å²) in [5.41, 5.74) is 0.772. The van der Waals surface area contributed by atoms with E-state index in [9.17, 15) is 4.79 Å². The zero-order valence-corrected chi connectivity index (χ0v) is 9.34. The van der Waals surface area contributed by atoms with E-state index in [1.807, 2.05) is 19.9 Å². The van der Waals surface area contributed by atoms with E-state index in [0.29, 0.717) is 0 Å². The van der Waals surface area contributed by atoms with Crippen LogP contribution in [0.5, 0.6) is 0 Å². The summed E-state index contributed by atoms with van der Waals surface area (Å²) in [6, 6.07) is 1.98. The predicted molar refractivity (Wildman–Crippen MR) is 55.5 cm³/mol. The molecule has 0 radical (unpaired) electrons. The molecule has 0 fully saturated rings. The van der Waals surface area contributed by atoms with Gasteiger partial charge in [-0.1, -0.05) is 13.8 Å². The lowest BCUT2D eigenvalue weighted by Gasteiger charge is -2.15. The van der Waals surface area contributed by atoms with Gasteiger partial charge in [-0.05, 0) is 34.0 Å². The summed E-state index contributed by atoms with van der Waals surface area (Å²) in [6.45, 7) is 3.84. The minimum absolute atomic E-state index is 0.303. The molecule has 2 nitrogen and oxygen atoms in total. The highest BCUT2D eigenvalue weighted by Crippen LogP contribution is 2.20. The smallest absolute Gasteiger partial charge is 0.125 e. The lowest BCUT2D eigenvalue weighted by atomic mass is 9.88. The summed E-state index contributed by atoms with van der Waals surface area (Å²) in [5, 5.41) is 0. The molecule has 1 aromatic heterocycles. The molecule has 0 spiro atoms. The van der Waals surface area contributed by atoms with E-state index in [1.54, 1.807) is 12.4 Å². The van der Waals surface area contributed by atoms with Crippen molar-refractivity contribution in [2.75, 3.05) is 0 Å². The maximum absolute atomic E-state index is 10.7. The number of nitrogens with zero attached hydrogens (tertiary/aromatic N) is 1. The first-order valence-electron chi connectivity index (χ1n) is 4.09. The number of rotatable bonds is 3. The Morgan fingerprint density at radius 3 is 2.77 bits per heavy atom. The highest BCUT2D eigenvalue weighted by Gasteiger charge is 2.17. The number of aromatic nitrogens is 1. The van der Waals surface area contributed by atoms with Crippen molar-refractivity contribution in [2.24, 2.45) is 5.41 Å². The second kappa shape index (κ2) is 4.01. The average molecular weight is 242 g/mol. The zero-order valence-electron chi connectivity index (χ0n) is 7.75. The molecule has 0 aromatic carbocycles. The molecule has 1 aromatic rings. The van der Waals surface area contributed by atoms with E-state index < -0.39 is 0 Å². The van der Waals surface area contributed by atoms with Gasteiger partial charge in [0.2, 0.25) is 0 Å². The molecule has 0 aliphatic heterocycles. The summed E-state index contributed by atoms with van der Waals surface area (Å²) in [7, 11) is 0. The third-order valence-corrected chi connectivity index (χ3v) is 2.17. The zero-order chi connectivity index (χ0) is 9.90. The van der Waals surface area contributed by atoms with Crippen molar-refractivity contribution in [3.63, 3.8) is 0 Å². The van der Waals surface area contributed by atoms with Crippen LogP contribution in [0.1, 0.15) is 19.4 Å². The summed E-state index contributed by atoms with van der Waals surface area (Å²) < 4.78 is 0.951. The molecule has 13 heavy (non-hydrogen) atoms. The van der Waals surface area contributed by atoms with Crippen LogP contribution in [0.25, 0.3) is 0 Å². The molecule has 0 saturated carbocycles. The van der Waals surface area contributed by atoms with Gasteiger partial charge in [-0.3, -0.25) is 4.98 Å². The van der Waals surface area contributed by atoms with Crippen LogP contribution in [-0.4, -0.2) is 11.3 Å². The van der Waals surface area contributed by atoms with Crippen molar-refractivity contribution < 1.29 is 4.79 Å². The van der Waals surface area contributed by atoms with Crippen molar-refractivity contribution in [3.05, 3.63) is 28.5 Å². The van der Waals surface area contributed by atoms with E-state index in [4.69, 9.17) is 0 Å². The molecule has 0 amide bonds. The van der Waals surface area contributed by atoms with Crippen LogP contribution < -0.4 is 0 Å². The summed E-state index contributed by atoms with van der Waals surface area (Å²) in [5.74, 6) is 0. The second-order valence-corrected chi connectivity index (χ2v) is 4.71. The first kappa shape index (κ1) is 10.4. The van der Waals surface area contributed by atoms with Crippen molar-refractivity contribution in [3.8, 4) is 0 Å². The number of carbonyl (C=O) groups excluding carboxylic acids is 1. The van der Waals surface area contributed by atoms with Gasteiger partial charge in [0.1, 0.15) is 6.29 Å². The van der Waals surface area contributed by atoms with Crippen molar-refractivity contribution in [2.45, 2.75) is 20.3 Å². The Morgan fingerprint density at radius 2 is 2.23 bits per heavy atom. The normalized spacial score (nSPS) is 11.3. The standard InChI is InChI=1S/C10H12BrNO/c1-10(2,7-13)4-8-3-9(11)6-12-5-8/h3,5-7H,4H2,1-2H3. The van der Waals surface area contributed by atoms with Crippen LogP contribution >= 0.6 is 15.9 Å². The van der Waals surface area contributed by atoms with Gasteiger partial charge in [-0.15, -0.1) is 0 Å². The van der Waals surface area contributed by atoms with Gasteiger partial charge in [0.05, 0.1) is 0 Å². The molecule has 3 heteroatoms. The molecule has 0 bridgehead atoms. The van der Waals surface area contributed by atoms with Crippen LogP contribution in [0.4, 0.5) is 0 Å². The van der Waals surface area contributed by atoms with Gasteiger partial charge in [-0.2, -0.15) is 0 Å². The fourth-order valence-electron chi connectivity index (χ4n) is 1.12. The molecule has 0 atom stereocenters. The molecule has 0 unspecified atom stereocenters. The van der Waals surface area contributed by atoms with Gasteiger partial charge < -0.3 is 4.79 Å². The van der Waals surface area contributed by atoms with E-state index in [2.05, 4.69) is 20.9 Å². The Balaban J connectivity index is 2.80. The Morgan fingerprint density at radius 1 is 1.54 bits per heavy atom. The number of hydrogen-bond donors (Lipinski definition) is 0.